The highest BCUT2D eigenvalue weighted by Crippen LogP contribution is 2.57. The summed E-state index contributed by atoms with van der Waals surface area (Å²) in [5.74, 6) is 0.894. The van der Waals surface area contributed by atoms with Crippen LogP contribution in [0.1, 0.15) is 51.4 Å². The number of hydrogen-bond donors (Lipinski definition) is 2. The maximum atomic E-state index is 10.2. The number of rotatable bonds is 0. The molecule has 0 aromatic heterocycles. The summed E-state index contributed by atoms with van der Waals surface area (Å²) in [4.78, 5) is 0. The maximum absolute atomic E-state index is 10.2. The van der Waals surface area contributed by atoms with Crippen molar-refractivity contribution in [2.24, 2.45) is 11.8 Å². The van der Waals surface area contributed by atoms with Crippen LogP contribution < -0.4 is 0 Å². The second kappa shape index (κ2) is 5.41. The lowest BCUT2D eigenvalue weighted by Gasteiger charge is -2.52. The van der Waals surface area contributed by atoms with Crippen molar-refractivity contribution in [1.29, 1.82) is 0 Å². The minimum absolute atomic E-state index is 0.0683. The standard InChI is InChI=1S/2C10H14O2/c2*11-10-5-1-4-8(10)7-3-2-6-12-9(7)10/h2*3,8-9,11H,1-2,4-6H2/t2*8-,9+,10+/m10/s1. The van der Waals surface area contributed by atoms with Crippen LogP contribution in [0.3, 0.4) is 0 Å². The molecule has 6 atom stereocenters. The zero-order valence-corrected chi connectivity index (χ0v) is 14.2. The van der Waals surface area contributed by atoms with Gasteiger partial charge in [-0.25, -0.2) is 0 Å². The lowest BCUT2D eigenvalue weighted by molar-refractivity contribution is -0.161. The highest BCUT2D eigenvalue weighted by atomic mass is 16.5. The predicted octanol–water partition coefficient (Wildman–Crippen LogP) is 2.49. The molecule has 0 unspecified atom stereocenters. The smallest absolute Gasteiger partial charge is 0.108 e. The zero-order chi connectivity index (χ0) is 16.4. The Kier molecular flexibility index (Phi) is 3.51. The van der Waals surface area contributed by atoms with Crippen molar-refractivity contribution in [1.82, 2.24) is 0 Å². The molecule has 6 rings (SSSR count). The summed E-state index contributed by atoms with van der Waals surface area (Å²) >= 11 is 0. The molecule has 2 aliphatic heterocycles. The first-order valence-corrected chi connectivity index (χ1v) is 9.72. The van der Waals surface area contributed by atoms with Gasteiger partial charge < -0.3 is 19.7 Å². The van der Waals surface area contributed by atoms with Gasteiger partial charge in [0, 0.05) is 11.8 Å². The fourth-order valence-corrected chi connectivity index (χ4v) is 6.12. The summed E-state index contributed by atoms with van der Waals surface area (Å²) in [5, 5.41) is 20.4. The minimum Gasteiger partial charge on any atom is -0.386 e. The van der Waals surface area contributed by atoms with Gasteiger partial charge >= 0.3 is 0 Å². The van der Waals surface area contributed by atoms with Crippen LogP contribution in [0.4, 0.5) is 0 Å². The van der Waals surface area contributed by atoms with Crippen LogP contribution in [0.25, 0.3) is 0 Å². The van der Waals surface area contributed by atoms with E-state index in [0.29, 0.717) is 11.8 Å². The number of hydrogen-bond acceptors (Lipinski definition) is 4. The van der Waals surface area contributed by atoms with Gasteiger partial charge in [0.05, 0.1) is 13.2 Å². The van der Waals surface area contributed by atoms with Crippen molar-refractivity contribution >= 4 is 0 Å². The van der Waals surface area contributed by atoms with E-state index in [9.17, 15) is 10.2 Å². The van der Waals surface area contributed by atoms with Crippen molar-refractivity contribution < 1.29 is 19.7 Å². The summed E-state index contributed by atoms with van der Waals surface area (Å²) in [5.41, 5.74) is 1.85. The Labute approximate surface area is 143 Å². The van der Waals surface area contributed by atoms with Gasteiger partial charge in [0.25, 0.3) is 0 Å². The maximum Gasteiger partial charge on any atom is 0.108 e. The molecule has 0 bridgehead atoms. The third-order valence-corrected chi connectivity index (χ3v) is 7.23. The van der Waals surface area contributed by atoms with E-state index in [1.165, 1.54) is 36.8 Å². The normalized spacial score (nSPS) is 50.6. The number of fused-ring (bicyclic) bond motifs is 8. The van der Waals surface area contributed by atoms with Crippen LogP contribution in [0.15, 0.2) is 23.3 Å². The highest BCUT2D eigenvalue weighted by molar-refractivity contribution is 5.37. The van der Waals surface area contributed by atoms with Gasteiger partial charge in [0.15, 0.2) is 0 Å². The van der Waals surface area contributed by atoms with Crippen LogP contribution in [0, 0.1) is 11.8 Å². The summed E-state index contributed by atoms with van der Waals surface area (Å²) in [6, 6.07) is 0. The van der Waals surface area contributed by atoms with Gasteiger partial charge in [-0.15, -0.1) is 0 Å². The predicted molar refractivity (Wildman–Crippen MR) is 89.5 cm³/mol. The van der Waals surface area contributed by atoms with E-state index in [-0.39, 0.29) is 12.2 Å². The van der Waals surface area contributed by atoms with E-state index >= 15 is 0 Å². The average Bonchev–Trinajstić information content (AvgIpc) is 3.12. The van der Waals surface area contributed by atoms with Gasteiger partial charge in [-0.05, 0) is 62.5 Å². The Bertz CT molecular complexity index is 544. The summed E-state index contributed by atoms with van der Waals surface area (Å²) in [7, 11) is 0. The van der Waals surface area contributed by atoms with Crippen LogP contribution in [-0.2, 0) is 9.47 Å². The molecule has 4 aliphatic carbocycles. The van der Waals surface area contributed by atoms with Gasteiger partial charge in [-0.1, -0.05) is 12.2 Å². The largest absolute Gasteiger partial charge is 0.386 e. The molecule has 0 saturated heterocycles. The third-order valence-electron chi connectivity index (χ3n) is 7.23. The number of aliphatic hydroxyl groups is 2. The second-order valence-electron chi connectivity index (χ2n) is 8.36. The molecule has 4 fully saturated rings. The second-order valence-corrected chi connectivity index (χ2v) is 8.36. The summed E-state index contributed by atoms with van der Waals surface area (Å²) < 4.78 is 11.2. The van der Waals surface area contributed by atoms with Gasteiger partial charge in [-0.3, -0.25) is 0 Å². The van der Waals surface area contributed by atoms with E-state index in [0.717, 1.165) is 38.9 Å². The Hall–Kier alpha value is -0.680. The van der Waals surface area contributed by atoms with E-state index in [1.807, 2.05) is 0 Å². The lowest BCUT2D eigenvalue weighted by Crippen LogP contribution is -2.60. The van der Waals surface area contributed by atoms with Gasteiger partial charge in [-0.2, -0.15) is 0 Å². The fourth-order valence-electron chi connectivity index (χ4n) is 6.12. The molecular weight excluding hydrogens is 304 g/mol. The molecule has 4 heteroatoms. The Morgan fingerprint density at radius 3 is 1.71 bits per heavy atom. The molecule has 2 heterocycles. The first-order valence-electron chi connectivity index (χ1n) is 9.72. The van der Waals surface area contributed by atoms with Crippen LogP contribution >= 0.6 is 0 Å². The fraction of sp³-hybridized carbons (Fsp3) is 0.800. The molecule has 132 valence electrons. The van der Waals surface area contributed by atoms with Crippen LogP contribution in [0.5, 0.6) is 0 Å². The molecule has 0 amide bonds. The van der Waals surface area contributed by atoms with Crippen molar-refractivity contribution in [2.45, 2.75) is 74.8 Å². The Morgan fingerprint density at radius 2 is 1.25 bits per heavy atom. The quantitative estimate of drug-likeness (QED) is 0.669. The molecule has 4 saturated carbocycles. The van der Waals surface area contributed by atoms with Gasteiger partial charge in [0.2, 0.25) is 0 Å². The third kappa shape index (κ3) is 1.94. The monoisotopic (exact) mass is 332 g/mol. The SMILES string of the molecule is O[C@@]12CCC[C@@H]1C1=CCCO[C@@H]12.O[C@]12CCC[C@H]1C1=CCCO[C@H]12. The van der Waals surface area contributed by atoms with Crippen LogP contribution in [-0.4, -0.2) is 46.8 Å². The molecule has 2 N–H and O–H groups in total. The molecule has 6 aliphatic rings. The molecule has 24 heavy (non-hydrogen) atoms. The van der Waals surface area contributed by atoms with Gasteiger partial charge in [0.1, 0.15) is 23.4 Å². The van der Waals surface area contributed by atoms with E-state index in [2.05, 4.69) is 12.2 Å². The number of ether oxygens (including phenoxy) is 2. The highest BCUT2D eigenvalue weighted by Gasteiger charge is 2.62. The van der Waals surface area contributed by atoms with Crippen molar-refractivity contribution in [3.63, 3.8) is 0 Å². The first kappa shape index (κ1) is 15.6. The molecule has 0 aromatic carbocycles. The topological polar surface area (TPSA) is 58.9 Å². The van der Waals surface area contributed by atoms with Crippen molar-refractivity contribution in [2.75, 3.05) is 13.2 Å². The van der Waals surface area contributed by atoms with Crippen molar-refractivity contribution in [3.8, 4) is 0 Å². The molecule has 0 aromatic rings. The lowest BCUT2D eigenvalue weighted by atomic mass is 9.64. The molecule has 0 radical (unpaired) electrons. The van der Waals surface area contributed by atoms with Crippen LogP contribution in [0.2, 0.25) is 0 Å². The Balaban J connectivity index is 0.000000109. The van der Waals surface area contributed by atoms with E-state index in [1.54, 1.807) is 0 Å². The van der Waals surface area contributed by atoms with Crippen molar-refractivity contribution in [3.05, 3.63) is 23.3 Å². The Morgan fingerprint density at radius 1 is 0.792 bits per heavy atom. The zero-order valence-electron chi connectivity index (χ0n) is 14.2. The van der Waals surface area contributed by atoms with E-state index < -0.39 is 11.2 Å². The molecule has 0 spiro atoms. The summed E-state index contributed by atoms with van der Waals surface area (Å²) in [6.45, 7) is 1.59. The molecule has 4 nitrogen and oxygen atoms in total. The van der Waals surface area contributed by atoms with E-state index in [4.69, 9.17) is 9.47 Å². The molecular formula is C20H28O4. The average molecular weight is 332 g/mol. The minimum atomic E-state index is -0.466. The summed E-state index contributed by atoms with van der Waals surface area (Å²) in [6.07, 6.45) is 13.3. The first-order chi connectivity index (χ1) is 11.6.